The van der Waals surface area contributed by atoms with Crippen molar-refractivity contribution in [3.05, 3.63) is 66.4 Å². The van der Waals surface area contributed by atoms with Crippen molar-refractivity contribution in [2.45, 2.75) is 6.92 Å². The van der Waals surface area contributed by atoms with Gasteiger partial charge in [-0.05, 0) is 36.3 Å². The first-order chi connectivity index (χ1) is 8.79. The summed E-state index contributed by atoms with van der Waals surface area (Å²) in [6, 6.07) is 16.7. The third kappa shape index (κ3) is 1.65. The summed E-state index contributed by atoms with van der Waals surface area (Å²) >= 11 is 0. The molecule has 1 nitrogen and oxygen atoms in total. The van der Waals surface area contributed by atoms with Gasteiger partial charge in [-0.3, -0.25) is 0 Å². The van der Waals surface area contributed by atoms with Crippen LogP contribution in [0.4, 0.5) is 0 Å². The van der Waals surface area contributed by atoms with E-state index in [9.17, 15) is 0 Å². The molecule has 2 aromatic carbocycles. The highest BCUT2D eigenvalue weighted by Crippen LogP contribution is 2.30. The third-order valence-electron chi connectivity index (χ3n) is 3.27. The molecule has 0 unspecified atom stereocenters. The fourth-order valence-corrected chi connectivity index (χ4v) is 2.24. The van der Waals surface area contributed by atoms with Gasteiger partial charge in [0.05, 0.1) is 0 Å². The highest BCUT2D eigenvalue weighted by atomic mass is 16.3. The zero-order valence-corrected chi connectivity index (χ0v) is 10.3. The minimum absolute atomic E-state index is 0.857. The molecule has 1 heteroatoms. The van der Waals surface area contributed by atoms with Crippen LogP contribution in [0.5, 0.6) is 0 Å². The topological polar surface area (TPSA) is 13.1 Å². The van der Waals surface area contributed by atoms with Gasteiger partial charge in [-0.1, -0.05) is 43.0 Å². The first-order valence-corrected chi connectivity index (χ1v) is 6.00. The Balaban J connectivity index is 2.22. The van der Waals surface area contributed by atoms with Gasteiger partial charge in [0.15, 0.2) is 0 Å². The Morgan fingerprint density at radius 2 is 1.78 bits per heavy atom. The van der Waals surface area contributed by atoms with Crippen molar-refractivity contribution < 1.29 is 4.42 Å². The van der Waals surface area contributed by atoms with Crippen LogP contribution in [0.25, 0.3) is 28.2 Å². The predicted octanol–water partition coefficient (Wildman–Crippen LogP) is 5.05. The normalized spacial score (nSPS) is 10.7. The number of hydrogen-bond donors (Lipinski definition) is 0. The molecule has 0 bridgehead atoms. The summed E-state index contributed by atoms with van der Waals surface area (Å²) in [6.07, 6.45) is 1.76. The van der Waals surface area contributed by atoms with E-state index in [2.05, 4.69) is 49.9 Å². The van der Waals surface area contributed by atoms with Crippen molar-refractivity contribution in [1.82, 2.24) is 0 Å². The lowest BCUT2D eigenvalue weighted by Gasteiger charge is -2.01. The van der Waals surface area contributed by atoms with E-state index in [1.807, 2.05) is 12.1 Å². The Labute approximate surface area is 106 Å². The molecule has 0 radical (unpaired) electrons. The van der Waals surface area contributed by atoms with Gasteiger partial charge in [0.2, 0.25) is 0 Å². The molecule has 88 valence electrons. The Morgan fingerprint density at radius 1 is 1.00 bits per heavy atom. The predicted molar refractivity (Wildman–Crippen MR) is 76.5 cm³/mol. The van der Waals surface area contributed by atoms with E-state index >= 15 is 0 Å². The fourth-order valence-electron chi connectivity index (χ4n) is 2.24. The summed E-state index contributed by atoms with van der Waals surface area (Å²) in [6.45, 7) is 5.84. The molecule has 3 aromatic rings. The van der Waals surface area contributed by atoms with Crippen LogP contribution >= 0.6 is 0 Å². The molecule has 18 heavy (non-hydrogen) atoms. The molecule has 0 N–H and O–H groups in total. The first-order valence-electron chi connectivity index (χ1n) is 6.00. The summed E-state index contributed by atoms with van der Waals surface area (Å²) in [5.74, 6) is 0.857. The molecule has 0 saturated heterocycles. The van der Waals surface area contributed by atoms with E-state index in [1.54, 1.807) is 6.08 Å². The van der Waals surface area contributed by atoms with Gasteiger partial charge in [0.25, 0.3) is 0 Å². The van der Waals surface area contributed by atoms with Crippen LogP contribution in [0.1, 0.15) is 11.3 Å². The number of furan rings is 1. The van der Waals surface area contributed by atoms with Crippen LogP contribution in [-0.4, -0.2) is 0 Å². The van der Waals surface area contributed by atoms with Crippen LogP contribution in [0.2, 0.25) is 0 Å². The average molecular weight is 234 g/mol. The quantitative estimate of drug-likeness (QED) is 0.604. The summed E-state index contributed by atoms with van der Waals surface area (Å²) < 4.78 is 5.72. The Hall–Kier alpha value is -2.28. The minimum atomic E-state index is 0.857. The van der Waals surface area contributed by atoms with Crippen LogP contribution in [-0.2, 0) is 0 Å². The zero-order valence-electron chi connectivity index (χ0n) is 10.3. The molecule has 0 atom stereocenters. The first kappa shape index (κ1) is 10.8. The van der Waals surface area contributed by atoms with E-state index in [-0.39, 0.29) is 0 Å². The minimum Gasteiger partial charge on any atom is -0.456 e. The number of hydrogen-bond acceptors (Lipinski definition) is 1. The molecule has 0 fully saturated rings. The molecule has 3 rings (SSSR count). The summed E-state index contributed by atoms with van der Waals surface area (Å²) in [5.41, 5.74) is 4.50. The van der Waals surface area contributed by atoms with Crippen molar-refractivity contribution in [2.24, 2.45) is 0 Å². The highest BCUT2D eigenvalue weighted by molar-refractivity contribution is 5.88. The van der Waals surface area contributed by atoms with Crippen molar-refractivity contribution in [2.75, 3.05) is 0 Å². The number of fused-ring (bicyclic) bond motifs is 1. The van der Waals surface area contributed by atoms with Gasteiger partial charge in [-0.15, -0.1) is 0 Å². The fraction of sp³-hybridized carbons (Fsp3) is 0.0588. The zero-order chi connectivity index (χ0) is 12.5. The molecule has 0 spiro atoms. The van der Waals surface area contributed by atoms with Gasteiger partial charge >= 0.3 is 0 Å². The summed E-state index contributed by atoms with van der Waals surface area (Å²) in [4.78, 5) is 0. The van der Waals surface area contributed by atoms with Crippen molar-refractivity contribution >= 4 is 17.0 Å². The van der Waals surface area contributed by atoms with Crippen LogP contribution in [0, 0.1) is 6.92 Å². The SMILES string of the molecule is C=Cc1oc2ccc(-c3ccccc3)cc2c1C. The molecule has 0 aliphatic carbocycles. The van der Waals surface area contributed by atoms with E-state index in [0.717, 1.165) is 22.3 Å². The molecule has 0 saturated carbocycles. The second-order valence-electron chi connectivity index (χ2n) is 4.37. The van der Waals surface area contributed by atoms with Gasteiger partial charge in [0.1, 0.15) is 11.3 Å². The summed E-state index contributed by atoms with van der Waals surface area (Å²) in [7, 11) is 0. The number of benzene rings is 2. The van der Waals surface area contributed by atoms with E-state index in [0.29, 0.717) is 0 Å². The van der Waals surface area contributed by atoms with Crippen LogP contribution in [0.15, 0.2) is 59.5 Å². The smallest absolute Gasteiger partial charge is 0.135 e. The highest BCUT2D eigenvalue weighted by Gasteiger charge is 2.08. The molecular formula is C17H14O. The average Bonchev–Trinajstić information content (AvgIpc) is 2.76. The maximum Gasteiger partial charge on any atom is 0.135 e. The molecule has 0 amide bonds. The molecule has 0 aliphatic heterocycles. The second kappa shape index (κ2) is 4.19. The third-order valence-corrected chi connectivity index (χ3v) is 3.27. The monoisotopic (exact) mass is 234 g/mol. The molecule has 1 aromatic heterocycles. The van der Waals surface area contributed by atoms with E-state index < -0.39 is 0 Å². The second-order valence-corrected chi connectivity index (χ2v) is 4.37. The lowest BCUT2D eigenvalue weighted by Crippen LogP contribution is -1.77. The van der Waals surface area contributed by atoms with E-state index in [1.165, 1.54) is 11.1 Å². The Morgan fingerprint density at radius 3 is 2.50 bits per heavy atom. The van der Waals surface area contributed by atoms with Gasteiger partial charge in [-0.2, -0.15) is 0 Å². The lowest BCUT2D eigenvalue weighted by molar-refractivity contribution is 0.601. The van der Waals surface area contributed by atoms with Gasteiger partial charge in [-0.25, -0.2) is 0 Å². The van der Waals surface area contributed by atoms with Gasteiger partial charge in [0, 0.05) is 10.9 Å². The number of aryl methyl sites for hydroxylation is 1. The molecule has 1 heterocycles. The lowest BCUT2D eigenvalue weighted by atomic mass is 10.0. The summed E-state index contributed by atoms with van der Waals surface area (Å²) in [5, 5.41) is 1.16. The van der Waals surface area contributed by atoms with Crippen molar-refractivity contribution in [3.8, 4) is 11.1 Å². The molecule has 0 aliphatic rings. The Bertz CT molecular complexity index is 705. The van der Waals surface area contributed by atoms with Crippen LogP contribution < -0.4 is 0 Å². The molecular weight excluding hydrogens is 220 g/mol. The standard InChI is InChI=1S/C17H14O/c1-3-16-12(2)15-11-14(9-10-17(15)18-16)13-7-5-4-6-8-13/h3-11H,1H2,2H3. The van der Waals surface area contributed by atoms with E-state index in [4.69, 9.17) is 4.42 Å². The van der Waals surface area contributed by atoms with Crippen molar-refractivity contribution in [1.29, 1.82) is 0 Å². The number of rotatable bonds is 2. The largest absolute Gasteiger partial charge is 0.456 e. The Kier molecular flexibility index (Phi) is 2.52. The van der Waals surface area contributed by atoms with Crippen molar-refractivity contribution in [3.63, 3.8) is 0 Å². The maximum atomic E-state index is 5.72. The van der Waals surface area contributed by atoms with Crippen LogP contribution in [0.3, 0.4) is 0 Å². The maximum absolute atomic E-state index is 5.72. The van der Waals surface area contributed by atoms with Gasteiger partial charge < -0.3 is 4.42 Å².